The maximum Gasteiger partial charge on any atom is 0.227 e. The molecule has 0 amide bonds. The Bertz CT molecular complexity index is 3150. The molecule has 0 atom stereocenters. The van der Waals surface area contributed by atoms with Crippen LogP contribution in [0.1, 0.15) is 0 Å². The second kappa shape index (κ2) is 15.5. The number of fused-ring (bicyclic) bond motifs is 6. The molecule has 1 heterocycles. The van der Waals surface area contributed by atoms with Crippen LogP contribution in [0.2, 0.25) is 0 Å². The number of aromatic nitrogens is 1. The van der Waals surface area contributed by atoms with Crippen LogP contribution in [0.15, 0.2) is 241 Å². The summed E-state index contributed by atoms with van der Waals surface area (Å²) in [4.78, 5) is 9.89. The number of hydrogen-bond donors (Lipinski definition) is 0. The number of hydrogen-bond acceptors (Lipinski definition) is 4. The highest BCUT2D eigenvalue weighted by atomic mass is 16.3. The summed E-state index contributed by atoms with van der Waals surface area (Å²) in [6.07, 6.45) is 0. The lowest BCUT2D eigenvalue weighted by molar-refractivity contribution is 0.623. The van der Waals surface area contributed by atoms with Crippen LogP contribution in [0.25, 0.3) is 66.4 Å². The van der Waals surface area contributed by atoms with E-state index in [4.69, 9.17) is 9.40 Å². The number of para-hydroxylation sites is 2. The number of rotatable bonds is 9. The molecule has 288 valence electrons. The maximum absolute atomic E-state index is 6.83. The van der Waals surface area contributed by atoms with Crippen molar-refractivity contribution >= 4 is 66.8 Å². The molecule has 0 unspecified atom stereocenters. The summed E-state index contributed by atoms with van der Waals surface area (Å²) in [6.45, 7) is 0. The quantitative estimate of drug-likeness (QED) is 0.137. The molecule has 0 N–H and O–H groups in total. The number of oxazole rings is 1. The van der Waals surface area contributed by atoms with Gasteiger partial charge in [0.15, 0.2) is 5.58 Å². The van der Waals surface area contributed by atoms with Gasteiger partial charge in [0.05, 0.1) is 0 Å². The SMILES string of the molecule is c1ccc(-c2ccc(N(c3ccc(-c4ccccc4)cc3)c3cccc(-c4nc5c6ccc(N(c7ccccc7)c7ccccc7)cc6c6ccccc6c5o4)c3)cc2)cc1. The van der Waals surface area contributed by atoms with Crippen molar-refractivity contribution in [1.82, 2.24) is 4.98 Å². The molecule has 0 aliphatic heterocycles. The van der Waals surface area contributed by atoms with E-state index in [0.717, 1.165) is 72.3 Å². The monoisotopic (exact) mass is 781 g/mol. The molecule has 61 heavy (non-hydrogen) atoms. The van der Waals surface area contributed by atoms with E-state index in [2.05, 4.69) is 246 Å². The number of anilines is 6. The Morgan fingerprint density at radius 1 is 0.279 bits per heavy atom. The zero-order chi connectivity index (χ0) is 40.5. The fourth-order valence-corrected chi connectivity index (χ4v) is 8.52. The Balaban J connectivity index is 1.03. The van der Waals surface area contributed by atoms with E-state index in [1.165, 1.54) is 22.3 Å². The van der Waals surface area contributed by atoms with Gasteiger partial charge in [-0.3, -0.25) is 0 Å². The second-order valence-corrected chi connectivity index (χ2v) is 15.2. The third-order valence-electron chi connectivity index (χ3n) is 11.5. The Kier molecular flexibility index (Phi) is 9.14. The van der Waals surface area contributed by atoms with Gasteiger partial charge in [0.25, 0.3) is 0 Å². The van der Waals surface area contributed by atoms with Gasteiger partial charge in [-0.25, -0.2) is 4.98 Å². The minimum Gasteiger partial charge on any atom is -0.435 e. The van der Waals surface area contributed by atoms with E-state index >= 15 is 0 Å². The Morgan fingerprint density at radius 3 is 1.25 bits per heavy atom. The van der Waals surface area contributed by atoms with Crippen LogP contribution in [0.3, 0.4) is 0 Å². The van der Waals surface area contributed by atoms with Crippen molar-refractivity contribution < 1.29 is 4.42 Å². The molecule has 0 aliphatic carbocycles. The van der Waals surface area contributed by atoms with Crippen LogP contribution in [0.4, 0.5) is 34.1 Å². The van der Waals surface area contributed by atoms with Crippen LogP contribution in [-0.4, -0.2) is 4.98 Å². The molecule has 1 aromatic heterocycles. The van der Waals surface area contributed by atoms with Crippen molar-refractivity contribution in [3.05, 3.63) is 237 Å². The molecule has 4 nitrogen and oxygen atoms in total. The van der Waals surface area contributed by atoms with Crippen LogP contribution >= 0.6 is 0 Å². The Morgan fingerprint density at radius 2 is 0.689 bits per heavy atom. The lowest BCUT2D eigenvalue weighted by atomic mass is 9.99. The van der Waals surface area contributed by atoms with Crippen molar-refractivity contribution in [2.75, 3.05) is 9.80 Å². The Hall–Kier alpha value is -8.21. The highest BCUT2D eigenvalue weighted by Crippen LogP contribution is 2.43. The molecule has 11 rings (SSSR count). The molecule has 10 aromatic carbocycles. The van der Waals surface area contributed by atoms with Gasteiger partial charge in [0.2, 0.25) is 5.89 Å². The smallest absolute Gasteiger partial charge is 0.227 e. The van der Waals surface area contributed by atoms with E-state index in [1.807, 2.05) is 0 Å². The van der Waals surface area contributed by atoms with Gasteiger partial charge in [0, 0.05) is 50.5 Å². The van der Waals surface area contributed by atoms with Crippen LogP contribution in [-0.2, 0) is 0 Å². The first-order valence-electron chi connectivity index (χ1n) is 20.6. The zero-order valence-electron chi connectivity index (χ0n) is 33.3. The summed E-state index contributed by atoms with van der Waals surface area (Å²) >= 11 is 0. The maximum atomic E-state index is 6.83. The fraction of sp³-hybridized carbons (Fsp3) is 0. The first-order valence-corrected chi connectivity index (χ1v) is 20.6. The van der Waals surface area contributed by atoms with Crippen molar-refractivity contribution in [2.24, 2.45) is 0 Å². The first-order chi connectivity index (χ1) is 30.2. The van der Waals surface area contributed by atoms with Crippen molar-refractivity contribution in [1.29, 1.82) is 0 Å². The van der Waals surface area contributed by atoms with Gasteiger partial charge >= 0.3 is 0 Å². The first kappa shape index (κ1) is 35.9. The predicted molar refractivity (Wildman–Crippen MR) is 255 cm³/mol. The third kappa shape index (κ3) is 6.76. The molecule has 0 spiro atoms. The van der Waals surface area contributed by atoms with E-state index in [9.17, 15) is 0 Å². The fourth-order valence-electron chi connectivity index (χ4n) is 8.52. The Labute approximate surface area is 354 Å². The molecular weight excluding hydrogens is 743 g/mol. The largest absolute Gasteiger partial charge is 0.435 e. The molecule has 0 saturated heterocycles. The minimum atomic E-state index is 0.576. The normalized spacial score (nSPS) is 11.3. The van der Waals surface area contributed by atoms with Gasteiger partial charge < -0.3 is 14.2 Å². The zero-order valence-corrected chi connectivity index (χ0v) is 33.3. The van der Waals surface area contributed by atoms with Crippen LogP contribution in [0.5, 0.6) is 0 Å². The van der Waals surface area contributed by atoms with E-state index < -0.39 is 0 Å². The average Bonchev–Trinajstić information content (AvgIpc) is 3.80. The van der Waals surface area contributed by atoms with Gasteiger partial charge in [-0.1, -0.05) is 152 Å². The minimum absolute atomic E-state index is 0.576. The summed E-state index contributed by atoms with van der Waals surface area (Å²) in [5.74, 6) is 0.576. The summed E-state index contributed by atoms with van der Waals surface area (Å²) in [7, 11) is 0. The summed E-state index contributed by atoms with van der Waals surface area (Å²) in [5.41, 5.74) is 13.6. The van der Waals surface area contributed by atoms with Crippen molar-refractivity contribution in [2.45, 2.75) is 0 Å². The lowest BCUT2D eigenvalue weighted by Crippen LogP contribution is -2.10. The van der Waals surface area contributed by atoms with Crippen molar-refractivity contribution in [3.63, 3.8) is 0 Å². The topological polar surface area (TPSA) is 32.5 Å². The summed E-state index contributed by atoms with van der Waals surface area (Å²) in [5, 5.41) is 4.31. The van der Waals surface area contributed by atoms with E-state index in [-0.39, 0.29) is 0 Å². The molecule has 0 fully saturated rings. The highest BCUT2D eigenvalue weighted by molar-refractivity contribution is 6.23. The molecule has 11 aromatic rings. The van der Waals surface area contributed by atoms with E-state index in [0.29, 0.717) is 5.89 Å². The van der Waals surface area contributed by atoms with Crippen LogP contribution < -0.4 is 9.80 Å². The van der Waals surface area contributed by atoms with Gasteiger partial charge in [-0.15, -0.1) is 0 Å². The van der Waals surface area contributed by atoms with Crippen molar-refractivity contribution in [3.8, 4) is 33.7 Å². The lowest BCUT2D eigenvalue weighted by Gasteiger charge is -2.26. The molecule has 0 bridgehead atoms. The molecule has 0 aliphatic rings. The van der Waals surface area contributed by atoms with Crippen LogP contribution in [0, 0.1) is 0 Å². The van der Waals surface area contributed by atoms with Gasteiger partial charge in [-0.2, -0.15) is 0 Å². The number of benzene rings is 10. The van der Waals surface area contributed by atoms with Gasteiger partial charge in [0.1, 0.15) is 5.52 Å². The predicted octanol–water partition coefficient (Wildman–Crippen LogP) is 16.1. The molecule has 4 heteroatoms. The summed E-state index contributed by atoms with van der Waals surface area (Å²) < 4.78 is 6.83. The van der Waals surface area contributed by atoms with E-state index in [1.54, 1.807) is 0 Å². The molecule has 0 saturated carbocycles. The highest BCUT2D eigenvalue weighted by Gasteiger charge is 2.20. The standard InChI is InChI=1S/C57H39N3O/c1-5-16-40(17-6-1)42-28-32-47(33-29-42)60(48-34-30-43(31-35-48)41-18-7-2-8-19-41)49-25-15-20-44(38-49)57-58-55-52-37-36-50(39-54(52)51-26-13-14-27-53(51)56(55)61-57)59(45-21-9-3-10-22-45)46-23-11-4-12-24-46/h1-39H. The number of nitrogens with zero attached hydrogens (tertiary/aromatic N) is 3. The molecular formula is C57H39N3O. The molecule has 0 radical (unpaired) electrons. The average molecular weight is 782 g/mol. The summed E-state index contributed by atoms with van der Waals surface area (Å²) in [6, 6.07) is 83.3. The van der Waals surface area contributed by atoms with Gasteiger partial charge in [-0.05, 0) is 118 Å². The second-order valence-electron chi connectivity index (χ2n) is 15.2. The third-order valence-corrected chi connectivity index (χ3v) is 11.5.